The number of hydrogen-bond acceptors (Lipinski definition) is 4. The van der Waals surface area contributed by atoms with Crippen LogP contribution in [0.4, 0.5) is 0 Å². The number of rotatable bonds is 6. The van der Waals surface area contributed by atoms with Gasteiger partial charge in [-0.2, -0.15) is 0 Å². The molecule has 0 saturated heterocycles. The quantitative estimate of drug-likeness (QED) is 0.760. The molecule has 2 N–H and O–H groups in total. The Morgan fingerprint density at radius 2 is 1.94 bits per heavy atom. The number of nitrogens with one attached hydrogen (secondary N) is 1. The van der Waals surface area contributed by atoms with E-state index in [1.807, 2.05) is 12.1 Å². The molecule has 18 heavy (non-hydrogen) atoms. The molecule has 0 aliphatic heterocycles. The van der Waals surface area contributed by atoms with Gasteiger partial charge in [0.2, 0.25) is 0 Å². The summed E-state index contributed by atoms with van der Waals surface area (Å²) in [6.45, 7) is 4.71. The van der Waals surface area contributed by atoms with E-state index >= 15 is 0 Å². The van der Waals surface area contributed by atoms with E-state index in [4.69, 9.17) is 4.74 Å². The SMILES string of the molecule is COC(=O)C(CC(C)C)NCc1ccc(O)cc1. The molecule has 0 amide bonds. The summed E-state index contributed by atoms with van der Waals surface area (Å²) in [4.78, 5) is 11.6. The molecule has 0 heterocycles. The Hall–Kier alpha value is -1.55. The molecule has 1 atom stereocenters. The molecule has 4 nitrogen and oxygen atoms in total. The maximum Gasteiger partial charge on any atom is 0.322 e. The van der Waals surface area contributed by atoms with Crippen molar-refractivity contribution in [2.45, 2.75) is 32.9 Å². The van der Waals surface area contributed by atoms with E-state index in [0.717, 1.165) is 12.0 Å². The predicted octanol–water partition coefficient (Wildman–Crippen LogP) is 2.07. The van der Waals surface area contributed by atoms with E-state index in [-0.39, 0.29) is 17.8 Å². The highest BCUT2D eigenvalue weighted by atomic mass is 16.5. The van der Waals surface area contributed by atoms with Crippen LogP contribution in [-0.2, 0) is 16.1 Å². The molecule has 0 aromatic heterocycles. The number of phenols is 1. The first-order valence-corrected chi connectivity index (χ1v) is 6.12. The monoisotopic (exact) mass is 251 g/mol. The van der Waals surface area contributed by atoms with Crippen molar-refractivity contribution < 1.29 is 14.6 Å². The summed E-state index contributed by atoms with van der Waals surface area (Å²) in [5.41, 5.74) is 1.02. The van der Waals surface area contributed by atoms with Gasteiger partial charge in [-0.1, -0.05) is 26.0 Å². The fourth-order valence-corrected chi connectivity index (χ4v) is 1.73. The number of carbonyl (C=O) groups is 1. The van der Waals surface area contributed by atoms with Crippen LogP contribution in [0.5, 0.6) is 5.75 Å². The summed E-state index contributed by atoms with van der Waals surface area (Å²) in [7, 11) is 1.40. The third-order valence-corrected chi connectivity index (χ3v) is 2.68. The highest BCUT2D eigenvalue weighted by molar-refractivity contribution is 5.75. The molecule has 1 rings (SSSR count). The van der Waals surface area contributed by atoms with Crippen molar-refractivity contribution in [3.8, 4) is 5.75 Å². The van der Waals surface area contributed by atoms with E-state index in [0.29, 0.717) is 12.5 Å². The Morgan fingerprint density at radius 3 is 2.44 bits per heavy atom. The molecule has 100 valence electrons. The Balaban J connectivity index is 2.55. The van der Waals surface area contributed by atoms with E-state index < -0.39 is 0 Å². The fourth-order valence-electron chi connectivity index (χ4n) is 1.73. The summed E-state index contributed by atoms with van der Waals surface area (Å²) < 4.78 is 4.78. The highest BCUT2D eigenvalue weighted by Gasteiger charge is 2.19. The largest absolute Gasteiger partial charge is 0.508 e. The van der Waals surface area contributed by atoms with Gasteiger partial charge in [0.05, 0.1) is 7.11 Å². The topological polar surface area (TPSA) is 58.6 Å². The lowest BCUT2D eigenvalue weighted by Gasteiger charge is -2.18. The van der Waals surface area contributed by atoms with Crippen LogP contribution in [0.3, 0.4) is 0 Å². The summed E-state index contributed by atoms with van der Waals surface area (Å²) in [6, 6.07) is 6.63. The maximum absolute atomic E-state index is 11.6. The summed E-state index contributed by atoms with van der Waals surface area (Å²) in [5.74, 6) is 0.425. The lowest BCUT2D eigenvalue weighted by molar-refractivity contribution is -0.143. The number of ether oxygens (including phenoxy) is 1. The summed E-state index contributed by atoms with van der Waals surface area (Å²) >= 11 is 0. The van der Waals surface area contributed by atoms with Crippen LogP contribution in [0.15, 0.2) is 24.3 Å². The number of esters is 1. The van der Waals surface area contributed by atoms with Crippen LogP contribution in [0, 0.1) is 5.92 Å². The van der Waals surface area contributed by atoms with Crippen LogP contribution >= 0.6 is 0 Å². The average molecular weight is 251 g/mol. The van der Waals surface area contributed by atoms with Crippen LogP contribution in [0.2, 0.25) is 0 Å². The first-order chi connectivity index (χ1) is 8.52. The molecular weight excluding hydrogens is 230 g/mol. The first kappa shape index (κ1) is 14.5. The maximum atomic E-state index is 11.6. The standard InChI is InChI=1S/C14H21NO3/c1-10(2)8-13(14(17)18-3)15-9-11-4-6-12(16)7-5-11/h4-7,10,13,15-16H,8-9H2,1-3H3. The number of hydrogen-bond donors (Lipinski definition) is 2. The minimum atomic E-state index is -0.288. The van der Waals surface area contributed by atoms with E-state index in [2.05, 4.69) is 19.2 Å². The van der Waals surface area contributed by atoms with Crippen molar-refractivity contribution in [1.29, 1.82) is 0 Å². The van der Waals surface area contributed by atoms with Gasteiger partial charge >= 0.3 is 5.97 Å². The number of phenolic OH excluding ortho intramolecular Hbond substituents is 1. The molecule has 0 aliphatic rings. The van der Waals surface area contributed by atoms with Gasteiger partial charge in [-0.25, -0.2) is 0 Å². The van der Waals surface area contributed by atoms with Crippen LogP contribution < -0.4 is 5.32 Å². The number of benzene rings is 1. The van der Waals surface area contributed by atoms with Crippen molar-refractivity contribution >= 4 is 5.97 Å². The first-order valence-electron chi connectivity index (χ1n) is 6.12. The van der Waals surface area contributed by atoms with Gasteiger partial charge in [-0.3, -0.25) is 4.79 Å². The second-order valence-corrected chi connectivity index (χ2v) is 4.75. The molecule has 0 saturated carbocycles. The molecule has 0 radical (unpaired) electrons. The zero-order valence-electron chi connectivity index (χ0n) is 11.1. The molecule has 1 aromatic carbocycles. The number of carbonyl (C=O) groups excluding carboxylic acids is 1. The third kappa shape index (κ3) is 4.75. The molecule has 0 spiro atoms. The number of aromatic hydroxyl groups is 1. The second-order valence-electron chi connectivity index (χ2n) is 4.75. The summed E-state index contributed by atoms with van der Waals surface area (Å²) in [5, 5.41) is 12.4. The lowest BCUT2D eigenvalue weighted by Crippen LogP contribution is -2.38. The smallest absolute Gasteiger partial charge is 0.322 e. The van der Waals surface area contributed by atoms with Crippen molar-refractivity contribution in [3.05, 3.63) is 29.8 Å². The van der Waals surface area contributed by atoms with Crippen molar-refractivity contribution in [3.63, 3.8) is 0 Å². The predicted molar refractivity (Wildman–Crippen MR) is 70.2 cm³/mol. The zero-order chi connectivity index (χ0) is 13.5. The van der Waals surface area contributed by atoms with Gasteiger partial charge in [0.15, 0.2) is 0 Å². The Bertz CT molecular complexity index is 373. The second kappa shape index (κ2) is 7.01. The highest BCUT2D eigenvalue weighted by Crippen LogP contribution is 2.11. The number of methoxy groups -OCH3 is 1. The molecular formula is C14H21NO3. The molecule has 4 heteroatoms. The molecule has 1 aromatic rings. The third-order valence-electron chi connectivity index (χ3n) is 2.68. The minimum Gasteiger partial charge on any atom is -0.508 e. The van der Waals surface area contributed by atoms with Gasteiger partial charge in [0, 0.05) is 6.54 Å². The van der Waals surface area contributed by atoms with E-state index in [1.54, 1.807) is 12.1 Å². The van der Waals surface area contributed by atoms with Gasteiger partial charge in [-0.05, 0) is 30.0 Å². The van der Waals surface area contributed by atoms with E-state index in [1.165, 1.54) is 7.11 Å². The van der Waals surface area contributed by atoms with Gasteiger partial charge in [0.25, 0.3) is 0 Å². The molecule has 0 fully saturated rings. The molecule has 1 unspecified atom stereocenters. The van der Waals surface area contributed by atoms with Crippen molar-refractivity contribution in [2.75, 3.05) is 7.11 Å². The van der Waals surface area contributed by atoms with Gasteiger partial charge in [0.1, 0.15) is 11.8 Å². The van der Waals surface area contributed by atoms with Crippen LogP contribution in [0.25, 0.3) is 0 Å². The van der Waals surface area contributed by atoms with Crippen molar-refractivity contribution in [1.82, 2.24) is 5.32 Å². The summed E-state index contributed by atoms with van der Waals surface area (Å²) in [6.07, 6.45) is 0.741. The van der Waals surface area contributed by atoms with Gasteiger partial charge < -0.3 is 15.2 Å². The Labute approximate surface area is 108 Å². The normalized spacial score (nSPS) is 12.4. The Kier molecular flexibility index (Phi) is 5.65. The Morgan fingerprint density at radius 1 is 1.33 bits per heavy atom. The minimum absolute atomic E-state index is 0.234. The van der Waals surface area contributed by atoms with E-state index in [9.17, 15) is 9.90 Å². The van der Waals surface area contributed by atoms with Gasteiger partial charge in [-0.15, -0.1) is 0 Å². The zero-order valence-corrected chi connectivity index (χ0v) is 11.1. The molecule has 0 bridgehead atoms. The fraction of sp³-hybridized carbons (Fsp3) is 0.500. The lowest BCUT2D eigenvalue weighted by atomic mass is 10.0. The molecule has 0 aliphatic carbocycles. The van der Waals surface area contributed by atoms with Crippen LogP contribution in [-0.4, -0.2) is 24.2 Å². The van der Waals surface area contributed by atoms with Crippen LogP contribution in [0.1, 0.15) is 25.8 Å². The average Bonchev–Trinajstić information content (AvgIpc) is 2.35. The van der Waals surface area contributed by atoms with Crippen molar-refractivity contribution in [2.24, 2.45) is 5.92 Å².